The number of carbonyl (C=O) groups excluding carboxylic acids is 2. The second-order valence-electron chi connectivity index (χ2n) is 8.30. The van der Waals surface area contributed by atoms with E-state index in [1.54, 1.807) is 17.9 Å². The van der Waals surface area contributed by atoms with Gasteiger partial charge >= 0.3 is 0 Å². The highest BCUT2D eigenvalue weighted by atomic mass is 32.2. The molecule has 0 aliphatic heterocycles. The summed E-state index contributed by atoms with van der Waals surface area (Å²) in [6.45, 7) is 8.41. The molecule has 33 heavy (non-hydrogen) atoms. The second-order valence-corrected chi connectivity index (χ2v) is 10.2. The van der Waals surface area contributed by atoms with Crippen LogP contribution in [0.3, 0.4) is 0 Å². The van der Waals surface area contributed by atoms with Gasteiger partial charge in [0.05, 0.1) is 11.9 Å². The Labute approximate surface area is 197 Å². The van der Waals surface area contributed by atoms with Gasteiger partial charge in [0.25, 0.3) is 0 Å². The maximum absolute atomic E-state index is 13.2. The van der Waals surface area contributed by atoms with E-state index in [-0.39, 0.29) is 24.8 Å². The number of nitrogens with zero attached hydrogens (tertiary/aromatic N) is 2. The molecule has 1 unspecified atom stereocenters. The van der Waals surface area contributed by atoms with E-state index in [1.807, 2.05) is 63.2 Å². The van der Waals surface area contributed by atoms with Gasteiger partial charge in [0.15, 0.2) is 0 Å². The van der Waals surface area contributed by atoms with Crippen molar-refractivity contribution in [2.24, 2.45) is 0 Å². The van der Waals surface area contributed by atoms with Crippen LogP contribution in [0.2, 0.25) is 0 Å². The van der Waals surface area contributed by atoms with Crippen LogP contribution in [0.5, 0.6) is 0 Å². The number of sulfonamides is 1. The van der Waals surface area contributed by atoms with Crippen LogP contribution in [0.1, 0.15) is 43.4 Å². The molecule has 8 heteroatoms. The molecule has 0 fully saturated rings. The first kappa shape index (κ1) is 26.4. The van der Waals surface area contributed by atoms with Gasteiger partial charge in [-0.05, 0) is 62.9 Å². The SMILES string of the molecule is CCNC(=O)C(C)N(Cc1ccccc1C)C(=O)CCCN(c1cccc(C)c1)S(C)(=O)=O. The summed E-state index contributed by atoms with van der Waals surface area (Å²) in [7, 11) is -3.50. The number of carbonyl (C=O) groups is 2. The predicted octanol–water partition coefficient (Wildman–Crippen LogP) is 3.40. The van der Waals surface area contributed by atoms with Crippen LogP contribution >= 0.6 is 0 Å². The predicted molar refractivity (Wildman–Crippen MR) is 132 cm³/mol. The van der Waals surface area contributed by atoms with E-state index in [0.717, 1.165) is 16.7 Å². The summed E-state index contributed by atoms with van der Waals surface area (Å²) in [5, 5.41) is 2.78. The van der Waals surface area contributed by atoms with E-state index < -0.39 is 16.1 Å². The van der Waals surface area contributed by atoms with Crippen LogP contribution in [0, 0.1) is 13.8 Å². The minimum Gasteiger partial charge on any atom is -0.355 e. The van der Waals surface area contributed by atoms with Crippen molar-refractivity contribution >= 4 is 27.5 Å². The summed E-state index contributed by atoms with van der Waals surface area (Å²) < 4.78 is 26.1. The molecule has 2 aromatic rings. The highest BCUT2D eigenvalue weighted by Crippen LogP contribution is 2.20. The van der Waals surface area contributed by atoms with Gasteiger partial charge in [0, 0.05) is 26.1 Å². The standard InChI is InChI=1S/C25H35N3O4S/c1-6-26-25(30)21(4)27(18-22-13-8-7-12-20(22)3)24(29)15-10-16-28(33(5,31)32)23-14-9-11-19(2)17-23/h7-9,11-14,17,21H,6,10,15-16,18H2,1-5H3,(H,26,30). The molecule has 2 aromatic carbocycles. The lowest BCUT2D eigenvalue weighted by atomic mass is 10.1. The number of aryl methyl sites for hydroxylation is 2. The molecule has 0 saturated heterocycles. The molecule has 0 bridgehead atoms. The number of hydrogen-bond donors (Lipinski definition) is 1. The van der Waals surface area contributed by atoms with E-state index in [4.69, 9.17) is 0 Å². The fourth-order valence-electron chi connectivity index (χ4n) is 3.66. The molecule has 180 valence electrons. The van der Waals surface area contributed by atoms with Crippen LogP contribution in [0.4, 0.5) is 5.69 Å². The number of hydrogen-bond acceptors (Lipinski definition) is 4. The molecule has 0 aliphatic carbocycles. The fraction of sp³-hybridized carbons (Fsp3) is 0.440. The van der Waals surface area contributed by atoms with Gasteiger partial charge in [-0.25, -0.2) is 8.42 Å². The normalized spacial score (nSPS) is 12.2. The molecule has 0 radical (unpaired) electrons. The van der Waals surface area contributed by atoms with Crippen LogP contribution < -0.4 is 9.62 Å². The fourth-order valence-corrected chi connectivity index (χ4v) is 4.62. The summed E-state index contributed by atoms with van der Waals surface area (Å²) in [6, 6.07) is 14.4. The highest BCUT2D eigenvalue weighted by molar-refractivity contribution is 7.92. The lowest BCUT2D eigenvalue weighted by Gasteiger charge is -2.30. The van der Waals surface area contributed by atoms with Gasteiger partial charge in [-0.1, -0.05) is 36.4 Å². The first-order valence-electron chi connectivity index (χ1n) is 11.2. The number of likely N-dealkylation sites (N-methyl/N-ethyl adjacent to an activating group) is 1. The van der Waals surface area contributed by atoms with Crippen molar-refractivity contribution in [3.05, 3.63) is 65.2 Å². The largest absolute Gasteiger partial charge is 0.355 e. The lowest BCUT2D eigenvalue weighted by molar-refractivity contribution is -0.140. The number of rotatable bonds is 11. The Morgan fingerprint density at radius 3 is 2.36 bits per heavy atom. The zero-order valence-electron chi connectivity index (χ0n) is 20.2. The molecule has 0 aromatic heterocycles. The summed E-state index contributed by atoms with van der Waals surface area (Å²) in [5.74, 6) is -0.397. The van der Waals surface area contributed by atoms with Crippen molar-refractivity contribution in [1.82, 2.24) is 10.2 Å². The molecule has 1 N–H and O–H groups in total. The smallest absolute Gasteiger partial charge is 0.242 e. The van der Waals surface area contributed by atoms with Crippen LogP contribution in [-0.4, -0.2) is 50.5 Å². The van der Waals surface area contributed by atoms with Crippen molar-refractivity contribution in [3.63, 3.8) is 0 Å². The average Bonchev–Trinajstić information content (AvgIpc) is 2.74. The van der Waals surface area contributed by atoms with Crippen molar-refractivity contribution in [2.45, 2.75) is 53.1 Å². The maximum Gasteiger partial charge on any atom is 0.242 e. The molecule has 2 amide bonds. The zero-order valence-corrected chi connectivity index (χ0v) is 21.0. The van der Waals surface area contributed by atoms with Crippen molar-refractivity contribution in [3.8, 4) is 0 Å². The molecule has 0 aliphatic rings. The van der Waals surface area contributed by atoms with Crippen molar-refractivity contribution in [1.29, 1.82) is 0 Å². The summed E-state index contributed by atoms with van der Waals surface area (Å²) in [6.07, 6.45) is 1.64. The van der Waals surface area contributed by atoms with Crippen LogP contribution in [0.25, 0.3) is 0 Å². The molecule has 7 nitrogen and oxygen atoms in total. The summed E-state index contributed by atoms with van der Waals surface area (Å²) >= 11 is 0. The van der Waals surface area contributed by atoms with Gasteiger partial charge in [0.2, 0.25) is 21.8 Å². The van der Waals surface area contributed by atoms with Crippen LogP contribution in [0.15, 0.2) is 48.5 Å². The highest BCUT2D eigenvalue weighted by Gasteiger charge is 2.26. The maximum atomic E-state index is 13.2. The third-order valence-corrected chi connectivity index (χ3v) is 6.76. The molecule has 2 rings (SSSR count). The number of nitrogens with one attached hydrogen (secondary N) is 1. The molecule has 0 heterocycles. The summed E-state index contributed by atoms with van der Waals surface area (Å²) in [5.41, 5.74) is 3.55. The van der Waals surface area contributed by atoms with E-state index in [0.29, 0.717) is 25.2 Å². The quantitative estimate of drug-likeness (QED) is 0.542. The van der Waals surface area contributed by atoms with Gasteiger partial charge < -0.3 is 10.2 Å². The van der Waals surface area contributed by atoms with E-state index >= 15 is 0 Å². The molecule has 1 atom stereocenters. The zero-order chi connectivity index (χ0) is 24.6. The Morgan fingerprint density at radius 2 is 1.76 bits per heavy atom. The minimum atomic E-state index is -3.50. The Bertz CT molecular complexity index is 1070. The van der Waals surface area contributed by atoms with Crippen molar-refractivity contribution < 1.29 is 18.0 Å². The second kappa shape index (κ2) is 11.8. The Morgan fingerprint density at radius 1 is 1.06 bits per heavy atom. The Balaban J connectivity index is 2.16. The topological polar surface area (TPSA) is 86.8 Å². The van der Waals surface area contributed by atoms with Gasteiger partial charge in [0.1, 0.15) is 6.04 Å². The molecular formula is C25H35N3O4S. The number of benzene rings is 2. The van der Waals surface area contributed by atoms with E-state index in [2.05, 4.69) is 5.32 Å². The third-order valence-electron chi connectivity index (χ3n) is 5.56. The third kappa shape index (κ3) is 7.60. The molecule has 0 saturated carbocycles. The van der Waals surface area contributed by atoms with E-state index in [1.165, 1.54) is 10.6 Å². The van der Waals surface area contributed by atoms with Gasteiger partial charge in [-0.2, -0.15) is 0 Å². The van der Waals surface area contributed by atoms with E-state index in [9.17, 15) is 18.0 Å². The Hall–Kier alpha value is -2.87. The number of amides is 2. The average molecular weight is 474 g/mol. The summed E-state index contributed by atoms with van der Waals surface area (Å²) in [4.78, 5) is 27.3. The lowest BCUT2D eigenvalue weighted by Crippen LogP contribution is -2.47. The number of anilines is 1. The van der Waals surface area contributed by atoms with Gasteiger partial charge in [-0.3, -0.25) is 13.9 Å². The molecule has 0 spiro atoms. The van der Waals surface area contributed by atoms with Crippen molar-refractivity contribution in [2.75, 3.05) is 23.7 Å². The van der Waals surface area contributed by atoms with Gasteiger partial charge in [-0.15, -0.1) is 0 Å². The first-order valence-corrected chi connectivity index (χ1v) is 13.1. The minimum absolute atomic E-state index is 0.132. The van der Waals surface area contributed by atoms with Crippen LogP contribution in [-0.2, 0) is 26.2 Å². The first-order chi connectivity index (χ1) is 15.5. The molecular weight excluding hydrogens is 438 g/mol. The Kier molecular flexibility index (Phi) is 9.46. The monoisotopic (exact) mass is 473 g/mol.